The van der Waals surface area contributed by atoms with Crippen LogP contribution >= 0.6 is 11.6 Å². The number of amides is 1. The van der Waals surface area contributed by atoms with E-state index >= 15 is 0 Å². The molecule has 0 bridgehead atoms. The topological polar surface area (TPSA) is 103 Å². The van der Waals surface area contributed by atoms with Crippen LogP contribution in [0.4, 0.5) is 5.69 Å². The van der Waals surface area contributed by atoms with Crippen molar-refractivity contribution in [3.8, 4) is 0 Å². The van der Waals surface area contributed by atoms with Gasteiger partial charge in [0.15, 0.2) is 0 Å². The maximum Gasteiger partial charge on any atom is 0.345 e. The smallest absolute Gasteiger partial charge is 0.339 e. The summed E-state index contributed by atoms with van der Waals surface area (Å²) < 4.78 is 3.28. The number of rotatable bonds is 4. The number of aromatic nitrogens is 3. The summed E-state index contributed by atoms with van der Waals surface area (Å²) in [5.74, 6) is 0.607. The highest BCUT2D eigenvalue weighted by atomic mass is 35.5. The summed E-state index contributed by atoms with van der Waals surface area (Å²) in [6, 6.07) is 4.11. The van der Waals surface area contributed by atoms with Crippen molar-refractivity contribution in [3.63, 3.8) is 0 Å². The first-order valence-electron chi connectivity index (χ1n) is 10.3. The molecule has 4 rings (SSSR count). The number of carbonyl (C=O) groups is 1. The van der Waals surface area contributed by atoms with Crippen LogP contribution in [-0.2, 0) is 7.05 Å². The number of benzene rings is 1. The second-order valence-corrected chi connectivity index (χ2v) is 8.47. The van der Waals surface area contributed by atoms with Crippen LogP contribution in [0.15, 0.2) is 23.0 Å². The molecule has 9 nitrogen and oxygen atoms in total. The summed E-state index contributed by atoms with van der Waals surface area (Å²) in [5, 5.41) is 15.8. The molecule has 0 N–H and O–H groups in total. The summed E-state index contributed by atoms with van der Waals surface area (Å²) in [7, 11) is 1.68. The zero-order chi connectivity index (χ0) is 21.4. The van der Waals surface area contributed by atoms with E-state index in [1.165, 1.54) is 22.9 Å². The van der Waals surface area contributed by atoms with Crippen molar-refractivity contribution in [1.29, 1.82) is 0 Å². The molecule has 2 aromatic rings. The molecular weight excluding hydrogens is 410 g/mol. The molecule has 1 aromatic carbocycles. The number of hydrogen-bond acceptors (Lipinski definition) is 5. The number of carbonyl (C=O) groups excluding carboxylic acids is 1. The van der Waals surface area contributed by atoms with Gasteiger partial charge in [-0.05, 0) is 31.7 Å². The second kappa shape index (κ2) is 8.22. The highest BCUT2D eigenvalue weighted by Crippen LogP contribution is 2.34. The molecule has 2 aliphatic rings. The quantitative estimate of drug-likeness (QED) is 0.543. The second-order valence-electron chi connectivity index (χ2n) is 8.06. The molecule has 10 heteroatoms. The molecule has 1 aliphatic carbocycles. The van der Waals surface area contributed by atoms with Crippen LogP contribution in [0.2, 0.25) is 5.02 Å². The van der Waals surface area contributed by atoms with Gasteiger partial charge >= 0.3 is 5.69 Å². The SMILES string of the molecule is Cn1nc(C2CCN(C(=O)c3cc([N+](=O)[O-])ccc3Cl)CC2)n(C2CCCC2)c1=O. The van der Waals surface area contributed by atoms with E-state index in [2.05, 4.69) is 5.10 Å². The van der Waals surface area contributed by atoms with Crippen LogP contribution in [0, 0.1) is 10.1 Å². The standard InChI is InChI=1S/C20H24ClN5O4/c1-23-20(28)25(14-4-2-3-5-14)18(22-23)13-8-10-24(11-9-13)19(27)16-12-15(26(29)30)6-7-17(16)21/h6-7,12-14H,2-5,8-11H2,1H3. The lowest BCUT2D eigenvalue weighted by Crippen LogP contribution is -2.39. The number of nitro benzene ring substituents is 1. The Balaban J connectivity index is 1.51. The maximum atomic E-state index is 12.9. The van der Waals surface area contributed by atoms with E-state index in [9.17, 15) is 19.7 Å². The number of nitro groups is 1. The van der Waals surface area contributed by atoms with Crippen LogP contribution < -0.4 is 5.69 Å². The van der Waals surface area contributed by atoms with Crippen molar-refractivity contribution in [2.75, 3.05) is 13.1 Å². The van der Waals surface area contributed by atoms with E-state index in [0.29, 0.717) is 25.9 Å². The number of hydrogen-bond donors (Lipinski definition) is 0. The van der Waals surface area contributed by atoms with Gasteiger partial charge in [-0.2, -0.15) is 5.10 Å². The number of nitrogens with zero attached hydrogens (tertiary/aromatic N) is 5. The fourth-order valence-electron chi connectivity index (χ4n) is 4.58. The van der Waals surface area contributed by atoms with Crippen molar-refractivity contribution in [2.45, 2.75) is 50.5 Å². The molecule has 2 heterocycles. The van der Waals surface area contributed by atoms with E-state index in [1.54, 1.807) is 11.9 Å². The number of non-ortho nitro benzene ring substituents is 1. The molecule has 0 unspecified atom stereocenters. The number of aryl methyl sites for hydroxylation is 1. The molecule has 160 valence electrons. The Bertz CT molecular complexity index is 1030. The summed E-state index contributed by atoms with van der Waals surface area (Å²) >= 11 is 6.13. The highest BCUT2D eigenvalue weighted by molar-refractivity contribution is 6.33. The lowest BCUT2D eigenvalue weighted by atomic mass is 9.95. The van der Waals surface area contributed by atoms with Gasteiger partial charge in [0.25, 0.3) is 11.6 Å². The van der Waals surface area contributed by atoms with Crippen LogP contribution in [0.5, 0.6) is 0 Å². The van der Waals surface area contributed by atoms with Gasteiger partial charge in [0, 0.05) is 44.2 Å². The fourth-order valence-corrected chi connectivity index (χ4v) is 4.78. The Morgan fingerprint density at radius 2 is 1.87 bits per heavy atom. The molecule has 0 radical (unpaired) electrons. The van der Waals surface area contributed by atoms with E-state index in [-0.39, 0.29) is 39.8 Å². The summed E-state index contributed by atoms with van der Waals surface area (Å²) in [6.45, 7) is 0.968. The fraction of sp³-hybridized carbons (Fsp3) is 0.550. The van der Waals surface area contributed by atoms with Crippen LogP contribution in [0.3, 0.4) is 0 Å². The predicted octanol–water partition coefficient (Wildman–Crippen LogP) is 3.28. The molecule has 1 amide bonds. The third-order valence-electron chi connectivity index (χ3n) is 6.21. The Morgan fingerprint density at radius 1 is 1.20 bits per heavy atom. The first-order chi connectivity index (χ1) is 14.4. The van der Waals surface area contributed by atoms with Crippen molar-refractivity contribution in [1.82, 2.24) is 19.2 Å². The third kappa shape index (κ3) is 3.74. The molecule has 1 aromatic heterocycles. The van der Waals surface area contributed by atoms with Gasteiger partial charge in [-0.15, -0.1) is 0 Å². The van der Waals surface area contributed by atoms with Crippen molar-refractivity contribution < 1.29 is 9.72 Å². The summed E-state index contributed by atoms with van der Waals surface area (Å²) in [4.78, 5) is 37.7. The van der Waals surface area contributed by atoms with Gasteiger partial charge in [0.05, 0.1) is 15.5 Å². The first-order valence-corrected chi connectivity index (χ1v) is 10.6. The molecule has 1 aliphatic heterocycles. The largest absolute Gasteiger partial charge is 0.345 e. The van der Waals surface area contributed by atoms with Crippen LogP contribution in [0.25, 0.3) is 0 Å². The third-order valence-corrected chi connectivity index (χ3v) is 6.54. The van der Waals surface area contributed by atoms with E-state index in [0.717, 1.165) is 31.5 Å². The predicted molar refractivity (Wildman–Crippen MR) is 111 cm³/mol. The lowest BCUT2D eigenvalue weighted by molar-refractivity contribution is -0.384. The molecule has 30 heavy (non-hydrogen) atoms. The monoisotopic (exact) mass is 433 g/mol. The van der Waals surface area contributed by atoms with Gasteiger partial charge in [-0.1, -0.05) is 24.4 Å². The Kier molecular flexibility index (Phi) is 5.64. The van der Waals surface area contributed by atoms with Crippen LogP contribution in [0.1, 0.15) is 66.7 Å². The molecule has 2 fully saturated rings. The minimum Gasteiger partial charge on any atom is -0.339 e. The van der Waals surface area contributed by atoms with Crippen molar-refractivity contribution >= 4 is 23.2 Å². The van der Waals surface area contributed by atoms with E-state index < -0.39 is 4.92 Å². The average Bonchev–Trinajstić information content (AvgIpc) is 3.36. The Morgan fingerprint density at radius 3 is 2.50 bits per heavy atom. The van der Waals surface area contributed by atoms with E-state index in [4.69, 9.17) is 11.6 Å². The van der Waals surface area contributed by atoms with Gasteiger partial charge in [0.1, 0.15) is 5.82 Å². The van der Waals surface area contributed by atoms with E-state index in [1.807, 2.05) is 4.57 Å². The van der Waals surface area contributed by atoms with Crippen molar-refractivity contribution in [2.24, 2.45) is 7.05 Å². The Hall–Kier alpha value is -2.68. The zero-order valence-corrected chi connectivity index (χ0v) is 17.5. The Labute approximate surface area is 178 Å². The van der Waals surface area contributed by atoms with Gasteiger partial charge in [0.2, 0.25) is 0 Å². The highest BCUT2D eigenvalue weighted by Gasteiger charge is 2.32. The number of halogens is 1. The maximum absolute atomic E-state index is 12.9. The van der Waals surface area contributed by atoms with Gasteiger partial charge in [-0.3, -0.25) is 19.5 Å². The van der Waals surface area contributed by atoms with Crippen molar-refractivity contribution in [3.05, 3.63) is 55.2 Å². The normalized spacial score (nSPS) is 18.1. The average molecular weight is 434 g/mol. The number of likely N-dealkylation sites (tertiary alicyclic amines) is 1. The minimum absolute atomic E-state index is 0.0706. The summed E-state index contributed by atoms with van der Waals surface area (Å²) in [5.41, 5.74) is -0.0875. The minimum atomic E-state index is -0.539. The molecule has 1 saturated carbocycles. The summed E-state index contributed by atoms with van der Waals surface area (Å²) in [6.07, 6.45) is 5.62. The van der Waals surface area contributed by atoms with Gasteiger partial charge in [-0.25, -0.2) is 9.48 Å². The number of piperidine rings is 1. The molecule has 0 atom stereocenters. The zero-order valence-electron chi connectivity index (χ0n) is 16.8. The lowest BCUT2D eigenvalue weighted by Gasteiger charge is -2.32. The van der Waals surface area contributed by atoms with Crippen LogP contribution in [-0.4, -0.2) is 43.2 Å². The molecule has 0 spiro atoms. The molecular formula is C20H24ClN5O4. The van der Waals surface area contributed by atoms with Gasteiger partial charge < -0.3 is 4.90 Å². The first kappa shape index (κ1) is 20.6. The molecule has 1 saturated heterocycles.